The molecule has 0 amide bonds. The van der Waals surface area contributed by atoms with E-state index in [0.717, 1.165) is 12.0 Å². The van der Waals surface area contributed by atoms with Crippen LogP contribution in [0.4, 0.5) is 0 Å². The summed E-state index contributed by atoms with van der Waals surface area (Å²) in [7, 11) is 0. The summed E-state index contributed by atoms with van der Waals surface area (Å²) in [6, 6.07) is 13.0. The molecule has 0 aliphatic carbocycles. The molecule has 2 rings (SSSR count). The lowest BCUT2D eigenvalue weighted by Crippen LogP contribution is -2.40. The number of nitrogens with zero attached hydrogens (tertiary/aromatic N) is 1. The maximum atomic E-state index is 2.72. The van der Waals surface area contributed by atoms with Crippen LogP contribution in [0.15, 0.2) is 30.3 Å². The average Bonchev–Trinajstić information content (AvgIpc) is 2.74. The Balaban J connectivity index is 2.24. The van der Waals surface area contributed by atoms with Crippen molar-refractivity contribution in [3.63, 3.8) is 0 Å². The van der Waals surface area contributed by atoms with E-state index >= 15 is 0 Å². The van der Waals surface area contributed by atoms with Crippen LogP contribution in [0.1, 0.15) is 52.1 Å². The Kier molecular flexibility index (Phi) is 3.88. The number of hydrogen-bond acceptors (Lipinski definition) is 1. The summed E-state index contributed by atoms with van der Waals surface area (Å²) in [4.78, 5) is 2.72. The van der Waals surface area contributed by atoms with Gasteiger partial charge >= 0.3 is 0 Å². The number of rotatable bonds is 3. The van der Waals surface area contributed by atoms with Gasteiger partial charge in [-0.2, -0.15) is 0 Å². The average molecular weight is 231 g/mol. The summed E-state index contributed by atoms with van der Waals surface area (Å²) in [5, 5.41) is 0. The van der Waals surface area contributed by atoms with Crippen LogP contribution in [0.2, 0.25) is 0 Å². The van der Waals surface area contributed by atoms with Crippen LogP contribution < -0.4 is 0 Å². The van der Waals surface area contributed by atoms with Crippen molar-refractivity contribution in [2.45, 2.75) is 58.7 Å². The van der Waals surface area contributed by atoms with E-state index in [0.29, 0.717) is 12.1 Å². The second-order valence-corrected chi connectivity index (χ2v) is 5.86. The van der Waals surface area contributed by atoms with Gasteiger partial charge in [0.05, 0.1) is 0 Å². The molecule has 1 heteroatoms. The lowest BCUT2D eigenvalue weighted by atomic mass is 10.0. The van der Waals surface area contributed by atoms with Gasteiger partial charge in [-0.1, -0.05) is 44.2 Å². The largest absolute Gasteiger partial charge is 0.291 e. The minimum Gasteiger partial charge on any atom is -0.291 e. The fourth-order valence-corrected chi connectivity index (χ4v) is 3.29. The monoisotopic (exact) mass is 231 g/mol. The molecule has 1 saturated heterocycles. The topological polar surface area (TPSA) is 3.24 Å². The minimum atomic E-state index is 0.628. The van der Waals surface area contributed by atoms with E-state index in [1.54, 1.807) is 0 Å². The minimum absolute atomic E-state index is 0.628. The summed E-state index contributed by atoms with van der Waals surface area (Å²) in [5.41, 5.74) is 1.49. The molecule has 1 aliphatic heterocycles. The smallest absolute Gasteiger partial charge is 0.0354 e. The molecular weight excluding hydrogens is 206 g/mol. The molecule has 0 bridgehead atoms. The molecule has 1 aromatic carbocycles. The molecule has 1 fully saturated rings. The molecule has 0 spiro atoms. The van der Waals surface area contributed by atoms with E-state index < -0.39 is 0 Å². The van der Waals surface area contributed by atoms with Crippen LogP contribution in [0.25, 0.3) is 0 Å². The molecule has 0 aromatic heterocycles. The number of benzene rings is 1. The normalized spacial score (nSPS) is 26.0. The highest BCUT2D eigenvalue weighted by Crippen LogP contribution is 2.40. The fraction of sp³-hybridized carbons (Fsp3) is 0.625. The van der Waals surface area contributed by atoms with Crippen LogP contribution >= 0.6 is 0 Å². The van der Waals surface area contributed by atoms with E-state index in [-0.39, 0.29) is 0 Å². The van der Waals surface area contributed by atoms with Crippen LogP contribution in [-0.2, 0) is 0 Å². The van der Waals surface area contributed by atoms with Crippen molar-refractivity contribution in [2.24, 2.45) is 5.92 Å². The zero-order valence-corrected chi connectivity index (χ0v) is 11.6. The van der Waals surface area contributed by atoms with E-state index in [1.807, 2.05) is 0 Å². The third-order valence-electron chi connectivity index (χ3n) is 4.03. The van der Waals surface area contributed by atoms with E-state index in [1.165, 1.54) is 18.4 Å². The second kappa shape index (κ2) is 5.22. The van der Waals surface area contributed by atoms with Gasteiger partial charge in [0, 0.05) is 18.1 Å². The molecule has 0 unspecified atom stereocenters. The van der Waals surface area contributed by atoms with Gasteiger partial charge in [0.25, 0.3) is 0 Å². The Morgan fingerprint density at radius 1 is 1.00 bits per heavy atom. The highest BCUT2D eigenvalue weighted by Gasteiger charge is 2.36. The lowest BCUT2D eigenvalue weighted by molar-refractivity contribution is 0.119. The van der Waals surface area contributed by atoms with Crippen LogP contribution in [-0.4, -0.2) is 17.0 Å². The molecule has 1 aliphatic rings. The molecular formula is C16H25N. The third kappa shape index (κ3) is 2.55. The summed E-state index contributed by atoms with van der Waals surface area (Å²) in [6.07, 6.45) is 2.65. The van der Waals surface area contributed by atoms with Gasteiger partial charge in [0.1, 0.15) is 0 Å². The van der Waals surface area contributed by atoms with Gasteiger partial charge in [-0.15, -0.1) is 0 Å². The van der Waals surface area contributed by atoms with Crippen molar-refractivity contribution in [3.8, 4) is 0 Å². The number of hydrogen-bond donors (Lipinski definition) is 0. The van der Waals surface area contributed by atoms with E-state index in [4.69, 9.17) is 0 Å². The zero-order chi connectivity index (χ0) is 12.4. The van der Waals surface area contributed by atoms with E-state index in [9.17, 15) is 0 Å². The third-order valence-corrected chi connectivity index (χ3v) is 4.03. The standard InChI is InChI=1S/C16H25N/c1-12(2)15-10-11-16(17(15)13(3)4)14-8-6-5-7-9-14/h5-9,12-13,15-16H,10-11H2,1-4H3/t15-,16+/m1/s1. The molecule has 17 heavy (non-hydrogen) atoms. The van der Waals surface area contributed by atoms with Crippen molar-refractivity contribution >= 4 is 0 Å². The Labute approximate surface area is 106 Å². The highest BCUT2D eigenvalue weighted by atomic mass is 15.2. The van der Waals surface area contributed by atoms with Crippen molar-refractivity contribution in [2.75, 3.05) is 0 Å². The van der Waals surface area contributed by atoms with Gasteiger partial charge in [0.2, 0.25) is 0 Å². The summed E-state index contributed by atoms with van der Waals surface area (Å²) < 4.78 is 0. The predicted octanol–water partition coefficient (Wildman–Crippen LogP) is 4.26. The molecule has 1 aromatic rings. The zero-order valence-electron chi connectivity index (χ0n) is 11.6. The van der Waals surface area contributed by atoms with Crippen LogP contribution in [0, 0.1) is 5.92 Å². The second-order valence-electron chi connectivity index (χ2n) is 5.86. The van der Waals surface area contributed by atoms with Crippen molar-refractivity contribution < 1.29 is 0 Å². The first-order valence-electron chi connectivity index (χ1n) is 6.93. The van der Waals surface area contributed by atoms with Crippen LogP contribution in [0.5, 0.6) is 0 Å². The van der Waals surface area contributed by atoms with Crippen molar-refractivity contribution in [1.29, 1.82) is 0 Å². The fourth-order valence-electron chi connectivity index (χ4n) is 3.29. The highest BCUT2D eigenvalue weighted by molar-refractivity contribution is 5.21. The molecule has 0 radical (unpaired) electrons. The first-order chi connectivity index (χ1) is 8.11. The Bertz CT molecular complexity index is 342. The maximum absolute atomic E-state index is 2.72. The molecule has 94 valence electrons. The Morgan fingerprint density at radius 2 is 1.65 bits per heavy atom. The maximum Gasteiger partial charge on any atom is 0.0354 e. The summed E-state index contributed by atoms with van der Waals surface area (Å²) in [5.74, 6) is 0.756. The van der Waals surface area contributed by atoms with Gasteiger partial charge in [-0.05, 0) is 38.2 Å². The predicted molar refractivity (Wildman–Crippen MR) is 74.0 cm³/mol. The van der Waals surface area contributed by atoms with Crippen molar-refractivity contribution in [1.82, 2.24) is 4.90 Å². The Morgan fingerprint density at radius 3 is 2.18 bits per heavy atom. The Hall–Kier alpha value is -0.820. The summed E-state index contributed by atoms with van der Waals surface area (Å²) in [6.45, 7) is 9.37. The van der Waals surface area contributed by atoms with Gasteiger partial charge in [0.15, 0.2) is 0 Å². The van der Waals surface area contributed by atoms with Gasteiger partial charge in [-0.3, -0.25) is 4.90 Å². The molecule has 1 heterocycles. The lowest BCUT2D eigenvalue weighted by Gasteiger charge is -2.36. The number of likely N-dealkylation sites (tertiary alicyclic amines) is 1. The van der Waals surface area contributed by atoms with Crippen molar-refractivity contribution in [3.05, 3.63) is 35.9 Å². The van der Waals surface area contributed by atoms with Gasteiger partial charge < -0.3 is 0 Å². The molecule has 1 nitrogen and oxygen atoms in total. The molecule has 0 N–H and O–H groups in total. The SMILES string of the molecule is CC(C)[C@H]1CC[C@@H](c2ccccc2)N1C(C)C. The molecule has 2 atom stereocenters. The first kappa shape index (κ1) is 12.6. The quantitative estimate of drug-likeness (QED) is 0.751. The van der Waals surface area contributed by atoms with E-state index in [2.05, 4.69) is 62.9 Å². The van der Waals surface area contributed by atoms with Gasteiger partial charge in [-0.25, -0.2) is 0 Å². The van der Waals surface area contributed by atoms with Crippen LogP contribution in [0.3, 0.4) is 0 Å². The first-order valence-corrected chi connectivity index (χ1v) is 6.93. The summed E-state index contributed by atoms with van der Waals surface area (Å²) >= 11 is 0. The molecule has 0 saturated carbocycles.